The molecule has 0 bridgehead atoms. The second kappa shape index (κ2) is 5.52. The van der Waals surface area contributed by atoms with Gasteiger partial charge in [0.15, 0.2) is 6.61 Å². The number of hydrogen-bond acceptors (Lipinski definition) is 3. The van der Waals surface area contributed by atoms with Crippen molar-refractivity contribution in [2.75, 3.05) is 6.61 Å². The molecule has 0 aliphatic heterocycles. The van der Waals surface area contributed by atoms with Gasteiger partial charge in [0.2, 0.25) is 0 Å². The molecule has 3 rings (SSSR count). The van der Waals surface area contributed by atoms with Crippen LogP contribution < -0.4 is 10.1 Å². The highest BCUT2D eigenvalue weighted by Gasteiger charge is 2.06. The Morgan fingerprint density at radius 3 is 3.05 bits per heavy atom. The highest BCUT2D eigenvalue weighted by atomic mass is 16.5. The van der Waals surface area contributed by atoms with Crippen LogP contribution in [0.15, 0.2) is 53.3 Å². The lowest BCUT2D eigenvalue weighted by Crippen LogP contribution is -2.28. The number of aromatic nitrogens is 1. The lowest BCUT2D eigenvalue weighted by atomic mass is 10.2. The first-order chi connectivity index (χ1) is 9.83. The molecule has 0 fully saturated rings. The Bertz CT molecular complexity index is 701. The minimum absolute atomic E-state index is 0.0228. The van der Waals surface area contributed by atoms with Crippen molar-refractivity contribution < 1.29 is 13.9 Å². The average Bonchev–Trinajstić information content (AvgIpc) is 3.13. The molecule has 2 heterocycles. The van der Waals surface area contributed by atoms with Crippen molar-refractivity contribution in [3.05, 3.63) is 54.6 Å². The van der Waals surface area contributed by atoms with Crippen molar-refractivity contribution in [1.29, 1.82) is 0 Å². The summed E-state index contributed by atoms with van der Waals surface area (Å²) in [6.45, 7) is 0.342. The van der Waals surface area contributed by atoms with Crippen molar-refractivity contribution in [3.63, 3.8) is 0 Å². The maximum Gasteiger partial charge on any atom is 0.258 e. The predicted octanol–water partition coefficient (Wildman–Crippen LogP) is 2.46. The molecule has 0 saturated carbocycles. The lowest BCUT2D eigenvalue weighted by molar-refractivity contribution is -0.123. The highest BCUT2D eigenvalue weighted by Crippen LogP contribution is 2.24. The normalized spacial score (nSPS) is 10.6. The highest BCUT2D eigenvalue weighted by molar-refractivity contribution is 5.86. The van der Waals surface area contributed by atoms with Crippen molar-refractivity contribution in [3.8, 4) is 5.75 Å². The third kappa shape index (κ3) is 2.66. The summed E-state index contributed by atoms with van der Waals surface area (Å²) in [5.41, 5.74) is 0.985. The fourth-order valence-corrected chi connectivity index (χ4v) is 1.98. The summed E-state index contributed by atoms with van der Waals surface area (Å²) in [5.74, 6) is 1.22. The second-order valence-electron chi connectivity index (χ2n) is 4.34. The van der Waals surface area contributed by atoms with Crippen LogP contribution in [0.5, 0.6) is 5.75 Å². The minimum Gasteiger partial charge on any atom is -0.483 e. The smallest absolute Gasteiger partial charge is 0.258 e. The first kappa shape index (κ1) is 12.3. The third-order valence-corrected chi connectivity index (χ3v) is 2.95. The van der Waals surface area contributed by atoms with Crippen molar-refractivity contribution in [1.82, 2.24) is 10.3 Å². The summed E-state index contributed by atoms with van der Waals surface area (Å²) in [5, 5.41) is 3.70. The number of benzene rings is 1. The van der Waals surface area contributed by atoms with Crippen LogP contribution >= 0.6 is 0 Å². The minimum atomic E-state index is -0.186. The van der Waals surface area contributed by atoms with Gasteiger partial charge in [0.05, 0.1) is 12.8 Å². The van der Waals surface area contributed by atoms with Crippen LogP contribution in [0.2, 0.25) is 0 Å². The standard InChI is InChI=1S/C15H14N2O3/c18-15(17-9-11-3-2-8-19-11)10-20-14-5-1-4-13-12(14)6-7-16-13/h1-8,16H,9-10H2,(H,17,18). The number of H-pyrrole nitrogens is 1. The Morgan fingerprint density at radius 2 is 2.20 bits per heavy atom. The van der Waals surface area contributed by atoms with E-state index in [9.17, 15) is 4.79 Å². The van der Waals surface area contributed by atoms with E-state index >= 15 is 0 Å². The molecule has 0 aliphatic carbocycles. The maximum absolute atomic E-state index is 11.7. The predicted molar refractivity (Wildman–Crippen MR) is 74.3 cm³/mol. The van der Waals surface area contributed by atoms with Gasteiger partial charge in [0.1, 0.15) is 11.5 Å². The molecule has 2 N–H and O–H groups in total. The number of carbonyl (C=O) groups excluding carboxylic acids is 1. The van der Waals surface area contributed by atoms with Crippen LogP contribution in [0.3, 0.4) is 0 Å². The van der Waals surface area contributed by atoms with E-state index in [0.717, 1.165) is 10.9 Å². The number of amides is 1. The number of carbonyl (C=O) groups is 1. The van der Waals surface area contributed by atoms with Gasteiger partial charge in [-0.2, -0.15) is 0 Å². The molecule has 0 spiro atoms. The summed E-state index contributed by atoms with van der Waals surface area (Å²) in [6, 6.07) is 11.2. The Morgan fingerprint density at radius 1 is 1.25 bits per heavy atom. The first-order valence-electron chi connectivity index (χ1n) is 6.31. The number of nitrogens with one attached hydrogen (secondary N) is 2. The third-order valence-electron chi connectivity index (χ3n) is 2.95. The fourth-order valence-electron chi connectivity index (χ4n) is 1.98. The average molecular weight is 270 g/mol. The molecule has 5 heteroatoms. The van der Waals surface area contributed by atoms with E-state index in [1.54, 1.807) is 12.3 Å². The molecule has 0 saturated heterocycles. The number of hydrogen-bond donors (Lipinski definition) is 2. The fraction of sp³-hybridized carbons (Fsp3) is 0.133. The molecule has 0 aliphatic rings. The van der Waals surface area contributed by atoms with Crippen LogP contribution in [-0.4, -0.2) is 17.5 Å². The number of rotatable bonds is 5. The molecule has 2 aromatic heterocycles. The van der Waals surface area contributed by atoms with Crippen molar-refractivity contribution in [2.24, 2.45) is 0 Å². The van der Waals surface area contributed by atoms with Gasteiger partial charge in [-0.05, 0) is 30.3 Å². The summed E-state index contributed by atoms with van der Waals surface area (Å²) in [6.07, 6.45) is 3.42. The van der Waals surface area contributed by atoms with E-state index in [1.165, 1.54) is 0 Å². The molecule has 1 aromatic carbocycles. The van der Waals surface area contributed by atoms with Gasteiger partial charge in [-0.3, -0.25) is 4.79 Å². The molecule has 20 heavy (non-hydrogen) atoms. The van der Waals surface area contributed by atoms with Crippen LogP contribution in [0.25, 0.3) is 10.9 Å². The summed E-state index contributed by atoms with van der Waals surface area (Å²) >= 11 is 0. The first-order valence-corrected chi connectivity index (χ1v) is 6.31. The van der Waals surface area contributed by atoms with Crippen LogP contribution in [0.1, 0.15) is 5.76 Å². The van der Waals surface area contributed by atoms with E-state index in [2.05, 4.69) is 10.3 Å². The van der Waals surface area contributed by atoms with Gasteiger partial charge in [-0.15, -0.1) is 0 Å². The molecule has 0 radical (unpaired) electrons. The van der Waals surface area contributed by atoms with Gasteiger partial charge >= 0.3 is 0 Å². The molecule has 0 atom stereocenters. The number of ether oxygens (including phenoxy) is 1. The Balaban J connectivity index is 1.56. The quantitative estimate of drug-likeness (QED) is 0.748. The van der Waals surface area contributed by atoms with Crippen LogP contribution in [-0.2, 0) is 11.3 Å². The monoisotopic (exact) mass is 270 g/mol. The largest absolute Gasteiger partial charge is 0.483 e. The van der Waals surface area contributed by atoms with Gasteiger partial charge in [-0.25, -0.2) is 0 Å². The van der Waals surface area contributed by atoms with Crippen LogP contribution in [0.4, 0.5) is 0 Å². The van der Waals surface area contributed by atoms with E-state index < -0.39 is 0 Å². The zero-order valence-corrected chi connectivity index (χ0v) is 10.8. The number of fused-ring (bicyclic) bond motifs is 1. The number of aromatic amines is 1. The van der Waals surface area contributed by atoms with E-state index in [-0.39, 0.29) is 12.5 Å². The molecule has 3 aromatic rings. The Kier molecular flexibility index (Phi) is 3.41. The van der Waals surface area contributed by atoms with Gasteiger partial charge in [0, 0.05) is 17.1 Å². The zero-order valence-electron chi connectivity index (χ0n) is 10.8. The molecule has 102 valence electrons. The van der Waals surface area contributed by atoms with E-state index in [1.807, 2.05) is 36.5 Å². The topological polar surface area (TPSA) is 67.3 Å². The van der Waals surface area contributed by atoms with Gasteiger partial charge in [-0.1, -0.05) is 6.07 Å². The molecule has 0 unspecified atom stereocenters. The van der Waals surface area contributed by atoms with Crippen LogP contribution in [0, 0.1) is 0 Å². The van der Waals surface area contributed by atoms with E-state index in [0.29, 0.717) is 18.1 Å². The SMILES string of the molecule is O=C(COc1cccc2[nH]ccc12)NCc1ccco1. The van der Waals surface area contributed by atoms with Gasteiger partial charge < -0.3 is 19.5 Å². The van der Waals surface area contributed by atoms with Crippen molar-refractivity contribution in [2.45, 2.75) is 6.54 Å². The Hall–Kier alpha value is -2.69. The van der Waals surface area contributed by atoms with Crippen molar-refractivity contribution >= 4 is 16.8 Å². The zero-order chi connectivity index (χ0) is 13.8. The molecular formula is C15H14N2O3. The number of furan rings is 1. The maximum atomic E-state index is 11.7. The molecular weight excluding hydrogens is 256 g/mol. The summed E-state index contributed by atoms with van der Waals surface area (Å²) < 4.78 is 10.7. The lowest BCUT2D eigenvalue weighted by Gasteiger charge is -2.07. The summed E-state index contributed by atoms with van der Waals surface area (Å²) in [7, 11) is 0. The molecule has 1 amide bonds. The summed E-state index contributed by atoms with van der Waals surface area (Å²) in [4.78, 5) is 14.8. The van der Waals surface area contributed by atoms with E-state index in [4.69, 9.17) is 9.15 Å². The van der Waals surface area contributed by atoms with Gasteiger partial charge in [0.25, 0.3) is 5.91 Å². The molecule has 5 nitrogen and oxygen atoms in total. The second-order valence-corrected chi connectivity index (χ2v) is 4.34. The Labute approximate surface area is 115 Å².